The molecule has 0 aliphatic carbocycles. The lowest BCUT2D eigenvalue weighted by Crippen LogP contribution is -2.21. The first-order chi connectivity index (χ1) is 14.2. The van der Waals surface area contributed by atoms with Crippen molar-refractivity contribution in [3.05, 3.63) is 65.5 Å². The Morgan fingerprint density at radius 2 is 1.97 bits per heavy atom. The quantitative estimate of drug-likeness (QED) is 0.573. The Labute approximate surface area is 167 Å². The number of benzene rings is 2. The van der Waals surface area contributed by atoms with E-state index in [9.17, 15) is 9.59 Å². The predicted molar refractivity (Wildman–Crippen MR) is 108 cm³/mol. The zero-order valence-electron chi connectivity index (χ0n) is 15.8. The maximum Gasteiger partial charge on any atom is 0.264 e. The molecule has 3 N–H and O–H groups in total. The van der Waals surface area contributed by atoms with Crippen LogP contribution in [0.15, 0.2) is 48.5 Å². The van der Waals surface area contributed by atoms with Gasteiger partial charge in [-0.15, -0.1) is 5.10 Å². The minimum Gasteiger partial charge on any atom is -0.484 e. The van der Waals surface area contributed by atoms with Crippen molar-refractivity contribution < 1.29 is 14.3 Å². The molecule has 29 heavy (non-hydrogen) atoms. The fourth-order valence-electron chi connectivity index (χ4n) is 3.12. The number of aromatic nitrogens is 3. The van der Waals surface area contributed by atoms with E-state index in [0.717, 1.165) is 17.7 Å². The van der Waals surface area contributed by atoms with Crippen LogP contribution in [0, 0.1) is 0 Å². The Hall–Kier alpha value is -3.68. The summed E-state index contributed by atoms with van der Waals surface area (Å²) in [5, 5.41) is 12.3. The third-order valence-corrected chi connectivity index (χ3v) is 4.62. The van der Waals surface area contributed by atoms with E-state index in [4.69, 9.17) is 4.74 Å². The first-order valence-corrected chi connectivity index (χ1v) is 9.46. The largest absolute Gasteiger partial charge is 0.484 e. The number of carbonyl (C=O) groups is 2. The average molecular weight is 391 g/mol. The van der Waals surface area contributed by atoms with Crippen molar-refractivity contribution in [2.45, 2.75) is 25.7 Å². The number of aryl methyl sites for hydroxylation is 3. The molecule has 0 unspecified atom stereocenters. The molecule has 2 amide bonds. The van der Waals surface area contributed by atoms with Gasteiger partial charge in [0.1, 0.15) is 11.6 Å². The van der Waals surface area contributed by atoms with E-state index in [1.165, 1.54) is 5.56 Å². The van der Waals surface area contributed by atoms with Gasteiger partial charge in [0.2, 0.25) is 11.9 Å². The zero-order valence-corrected chi connectivity index (χ0v) is 15.8. The van der Waals surface area contributed by atoms with Gasteiger partial charge in [0.15, 0.2) is 6.61 Å². The number of amides is 2. The molecule has 0 atom stereocenters. The highest BCUT2D eigenvalue weighted by Crippen LogP contribution is 2.27. The van der Waals surface area contributed by atoms with E-state index in [1.54, 1.807) is 12.1 Å². The van der Waals surface area contributed by atoms with E-state index in [0.29, 0.717) is 30.8 Å². The first-order valence-electron chi connectivity index (χ1n) is 9.46. The summed E-state index contributed by atoms with van der Waals surface area (Å²) in [4.78, 5) is 27.9. The normalized spacial score (nSPS) is 12.8. The van der Waals surface area contributed by atoms with Gasteiger partial charge in [-0.1, -0.05) is 36.4 Å². The molecule has 0 fully saturated rings. The van der Waals surface area contributed by atoms with Crippen LogP contribution in [0.25, 0.3) is 0 Å². The van der Waals surface area contributed by atoms with Crippen LogP contribution in [0.5, 0.6) is 5.75 Å². The molecule has 2 heterocycles. The summed E-state index contributed by atoms with van der Waals surface area (Å²) in [5.41, 5.74) is 3.01. The second-order valence-corrected chi connectivity index (χ2v) is 6.80. The van der Waals surface area contributed by atoms with E-state index in [-0.39, 0.29) is 24.4 Å². The molecular weight excluding hydrogens is 370 g/mol. The van der Waals surface area contributed by atoms with E-state index in [1.807, 2.05) is 24.3 Å². The molecule has 0 radical (unpaired) electrons. The number of anilines is 2. The monoisotopic (exact) mass is 391 g/mol. The summed E-state index contributed by atoms with van der Waals surface area (Å²) in [6.45, 7) is -0.180. The van der Waals surface area contributed by atoms with Gasteiger partial charge in [-0.2, -0.15) is 4.98 Å². The number of hydrogen-bond donors (Lipinski definition) is 3. The van der Waals surface area contributed by atoms with Gasteiger partial charge in [0.05, 0.1) is 0 Å². The SMILES string of the molecule is O=C(COc1ccc2c(c1)NC(=O)CC2)Nc1n[nH]c(CCc2ccccc2)n1. The Morgan fingerprint density at radius 1 is 1.10 bits per heavy atom. The molecule has 148 valence electrons. The van der Waals surface area contributed by atoms with Crippen molar-refractivity contribution in [3.63, 3.8) is 0 Å². The molecule has 0 saturated carbocycles. The summed E-state index contributed by atoms with van der Waals surface area (Å²) in [7, 11) is 0. The number of hydrogen-bond acceptors (Lipinski definition) is 5. The summed E-state index contributed by atoms with van der Waals surface area (Å²) in [6.07, 6.45) is 2.73. The number of fused-ring (bicyclic) bond motifs is 1. The van der Waals surface area contributed by atoms with Gasteiger partial charge in [-0.05, 0) is 30.0 Å². The molecule has 2 aromatic carbocycles. The fourth-order valence-corrected chi connectivity index (χ4v) is 3.12. The highest BCUT2D eigenvalue weighted by atomic mass is 16.5. The van der Waals surface area contributed by atoms with Crippen LogP contribution in [0.4, 0.5) is 11.6 Å². The predicted octanol–water partition coefficient (Wildman–Crippen LogP) is 2.49. The van der Waals surface area contributed by atoms with Crippen molar-refractivity contribution in [2.24, 2.45) is 0 Å². The summed E-state index contributed by atoms with van der Waals surface area (Å²) < 4.78 is 5.52. The van der Waals surface area contributed by atoms with Crippen molar-refractivity contribution >= 4 is 23.5 Å². The first kappa shape index (κ1) is 18.7. The summed E-state index contributed by atoms with van der Waals surface area (Å²) >= 11 is 0. The fraction of sp³-hybridized carbons (Fsp3) is 0.238. The van der Waals surface area contributed by atoms with E-state index < -0.39 is 0 Å². The van der Waals surface area contributed by atoms with Crippen molar-refractivity contribution in [3.8, 4) is 5.75 Å². The Kier molecular flexibility index (Phi) is 5.51. The lowest BCUT2D eigenvalue weighted by Gasteiger charge is -2.17. The lowest BCUT2D eigenvalue weighted by atomic mass is 10.0. The van der Waals surface area contributed by atoms with Crippen LogP contribution >= 0.6 is 0 Å². The highest BCUT2D eigenvalue weighted by molar-refractivity contribution is 5.94. The molecule has 1 aromatic heterocycles. The Balaban J connectivity index is 1.26. The Morgan fingerprint density at radius 3 is 2.83 bits per heavy atom. The maximum atomic E-state index is 12.1. The molecule has 1 aliphatic heterocycles. The van der Waals surface area contributed by atoms with Crippen LogP contribution in [0.3, 0.4) is 0 Å². The molecule has 0 bridgehead atoms. The summed E-state index contributed by atoms with van der Waals surface area (Å²) in [5.74, 6) is 1.06. The van der Waals surface area contributed by atoms with Gasteiger partial charge >= 0.3 is 0 Å². The highest BCUT2D eigenvalue weighted by Gasteiger charge is 2.15. The van der Waals surface area contributed by atoms with Crippen molar-refractivity contribution in [1.82, 2.24) is 15.2 Å². The molecule has 0 saturated heterocycles. The minimum absolute atomic E-state index is 0.0138. The number of H-pyrrole nitrogens is 1. The minimum atomic E-state index is -0.361. The van der Waals surface area contributed by atoms with E-state index >= 15 is 0 Å². The van der Waals surface area contributed by atoms with Crippen molar-refractivity contribution in [2.75, 3.05) is 17.2 Å². The Bertz CT molecular complexity index is 1020. The number of rotatable bonds is 7. The number of nitrogens with zero attached hydrogens (tertiary/aromatic N) is 2. The van der Waals surface area contributed by atoms with Gasteiger partial charge in [0.25, 0.3) is 5.91 Å². The second-order valence-electron chi connectivity index (χ2n) is 6.80. The zero-order chi connectivity index (χ0) is 20.1. The number of aromatic amines is 1. The van der Waals surface area contributed by atoms with Crippen LogP contribution in [0.2, 0.25) is 0 Å². The third-order valence-electron chi connectivity index (χ3n) is 4.62. The molecule has 4 rings (SSSR count). The molecule has 8 nitrogen and oxygen atoms in total. The molecular formula is C21H21N5O3. The third kappa shape index (κ3) is 4.98. The average Bonchev–Trinajstić information content (AvgIpc) is 3.18. The standard InChI is InChI=1S/C21H21N5O3/c27-19-11-8-15-7-9-16(12-17(15)22-19)29-13-20(28)24-21-23-18(25-26-21)10-6-14-4-2-1-3-5-14/h1-5,7,9,12H,6,8,10-11,13H2,(H,22,27)(H2,23,24,25,26,28). The maximum absolute atomic E-state index is 12.1. The molecule has 8 heteroatoms. The van der Waals surface area contributed by atoms with Gasteiger partial charge < -0.3 is 10.1 Å². The van der Waals surface area contributed by atoms with Crippen molar-refractivity contribution in [1.29, 1.82) is 0 Å². The molecule has 0 spiro atoms. The summed E-state index contributed by atoms with van der Waals surface area (Å²) in [6, 6.07) is 15.5. The van der Waals surface area contributed by atoms with Crippen LogP contribution < -0.4 is 15.4 Å². The topological polar surface area (TPSA) is 109 Å². The number of ether oxygens (including phenoxy) is 1. The van der Waals surface area contributed by atoms with E-state index in [2.05, 4.69) is 37.9 Å². The smallest absolute Gasteiger partial charge is 0.264 e. The van der Waals surface area contributed by atoms with Crippen LogP contribution in [0.1, 0.15) is 23.4 Å². The van der Waals surface area contributed by atoms with Crippen LogP contribution in [-0.2, 0) is 28.9 Å². The number of nitrogens with one attached hydrogen (secondary N) is 3. The molecule has 3 aromatic rings. The number of carbonyl (C=O) groups excluding carboxylic acids is 2. The second kappa shape index (κ2) is 8.55. The van der Waals surface area contributed by atoms with Crippen LogP contribution in [-0.4, -0.2) is 33.6 Å². The molecule has 1 aliphatic rings. The van der Waals surface area contributed by atoms with Gasteiger partial charge in [-0.25, -0.2) is 0 Å². The lowest BCUT2D eigenvalue weighted by molar-refractivity contribution is -0.118. The van der Waals surface area contributed by atoms with Gasteiger partial charge in [-0.3, -0.25) is 20.0 Å². The van der Waals surface area contributed by atoms with Gasteiger partial charge in [0, 0.05) is 24.6 Å².